The van der Waals surface area contributed by atoms with Gasteiger partial charge in [0.1, 0.15) is 5.82 Å². The molecule has 12 heavy (non-hydrogen) atoms. The molecule has 0 saturated carbocycles. The van der Waals surface area contributed by atoms with Crippen LogP contribution in [0.15, 0.2) is 18.2 Å². The number of hydrogen-bond donors (Lipinski definition) is 0. The number of alkyl halides is 1. The van der Waals surface area contributed by atoms with E-state index in [-0.39, 0.29) is 9.74 Å². The molecule has 0 aliphatic heterocycles. The van der Waals surface area contributed by atoms with Crippen LogP contribution in [-0.4, -0.2) is 0 Å². The van der Waals surface area contributed by atoms with Gasteiger partial charge in [-0.1, -0.05) is 28.7 Å². The third kappa shape index (κ3) is 1.95. The lowest BCUT2D eigenvalue weighted by molar-refractivity contribution is 0.612. The van der Waals surface area contributed by atoms with Crippen LogP contribution in [0.3, 0.4) is 0 Å². The van der Waals surface area contributed by atoms with Crippen LogP contribution in [0.1, 0.15) is 22.0 Å². The third-order valence-corrected chi connectivity index (χ3v) is 2.23. The van der Waals surface area contributed by atoms with Gasteiger partial charge in [-0.05, 0) is 19.1 Å². The van der Waals surface area contributed by atoms with Gasteiger partial charge in [0.05, 0.1) is 11.6 Å². The summed E-state index contributed by atoms with van der Waals surface area (Å²) in [5.41, 5.74) is 1.02. The molecule has 0 fully saturated rings. The first-order valence-corrected chi connectivity index (χ1v) is 4.73. The molecule has 1 aromatic rings. The number of nitriles is 1. The van der Waals surface area contributed by atoms with Gasteiger partial charge in [-0.15, -0.1) is 0 Å². The molecular weight excluding hydrogens is 268 g/mol. The Hall–Kier alpha value is -0.630. The molecule has 0 aliphatic carbocycles. The Labute approximate surface area is 84.3 Å². The summed E-state index contributed by atoms with van der Waals surface area (Å²) >= 11 is 2.13. The Morgan fingerprint density at radius 3 is 2.67 bits per heavy atom. The van der Waals surface area contributed by atoms with Crippen LogP contribution in [0, 0.1) is 17.1 Å². The molecule has 3 heteroatoms. The Morgan fingerprint density at radius 1 is 1.58 bits per heavy atom. The van der Waals surface area contributed by atoms with Crippen molar-refractivity contribution in [2.75, 3.05) is 0 Å². The predicted molar refractivity (Wildman–Crippen MR) is 53.6 cm³/mol. The van der Waals surface area contributed by atoms with Crippen molar-refractivity contribution in [3.8, 4) is 6.07 Å². The summed E-state index contributed by atoms with van der Waals surface area (Å²) < 4.78 is 13.3. The van der Waals surface area contributed by atoms with Gasteiger partial charge in [0.15, 0.2) is 0 Å². The van der Waals surface area contributed by atoms with Crippen molar-refractivity contribution >= 4 is 22.6 Å². The quantitative estimate of drug-likeness (QED) is 0.570. The average Bonchev–Trinajstić information content (AvgIpc) is 2.03. The standard InChI is InChI=1S/C9H7FIN/c1-6(11)8-3-2-7(5-12)4-9(8)10/h2-4,6H,1H3. The predicted octanol–water partition coefficient (Wildman–Crippen LogP) is 3.19. The Balaban J connectivity index is 3.14. The van der Waals surface area contributed by atoms with Gasteiger partial charge in [-0.2, -0.15) is 5.26 Å². The molecule has 0 bridgehead atoms. The largest absolute Gasteiger partial charge is 0.207 e. The van der Waals surface area contributed by atoms with Crippen LogP contribution in [0.25, 0.3) is 0 Å². The number of rotatable bonds is 1. The fourth-order valence-electron chi connectivity index (χ4n) is 0.919. The van der Waals surface area contributed by atoms with Gasteiger partial charge >= 0.3 is 0 Å². The number of nitrogens with zero attached hydrogens (tertiary/aromatic N) is 1. The van der Waals surface area contributed by atoms with E-state index >= 15 is 0 Å². The minimum atomic E-state index is -0.295. The van der Waals surface area contributed by atoms with Gasteiger partial charge in [-0.3, -0.25) is 0 Å². The summed E-state index contributed by atoms with van der Waals surface area (Å²) in [6.45, 7) is 1.91. The van der Waals surface area contributed by atoms with E-state index in [4.69, 9.17) is 5.26 Å². The molecule has 0 saturated heterocycles. The maximum Gasteiger partial charge on any atom is 0.128 e. The molecule has 1 aromatic carbocycles. The highest BCUT2D eigenvalue weighted by Gasteiger charge is 2.07. The van der Waals surface area contributed by atoms with Crippen molar-refractivity contribution in [3.05, 3.63) is 35.1 Å². The van der Waals surface area contributed by atoms with Crippen molar-refractivity contribution in [1.82, 2.24) is 0 Å². The van der Waals surface area contributed by atoms with Gasteiger partial charge in [0.2, 0.25) is 0 Å². The molecule has 0 aromatic heterocycles. The van der Waals surface area contributed by atoms with Gasteiger partial charge in [0, 0.05) is 9.49 Å². The van der Waals surface area contributed by atoms with E-state index in [0.29, 0.717) is 11.1 Å². The summed E-state index contributed by atoms with van der Waals surface area (Å²) in [5, 5.41) is 8.47. The molecule has 0 radical (unpaired) electrons. The van der Waals surface area contributed by atoms with E-state index in [1.54, 1.807) is 12.1 Å². The van der Waals surface area contributed by atoms with Crippen molar-refractivity contribution in [2.45, 2.75) is 10.8 Å². The van der Waals surface area contributed by atoms with E-state index < -0.39 is 0 Å². The van der Waals surface area contributed by atoms with Crippen LogP contribution < -0.4 is 0 Å². The van der Waals surface area contributed by atoms with Gasteiger partial charge in [-0.25, -0.2) is 4.39 Å². The molecule has 1 nitrogen and oxygen atoms in total. The van der Waals surface area contributed by atoms with Crippen LogP contribution in [0.5, 0.6) is 0 Å². The summed E-state index contributed by atoms with van der Waals surface area (Å²) in [5.74, 6) is -0.295. The highest BCUT2D eigenvalue weighted by Crippen LogP contribution is 2.25. The van der Waals surface area contributed by atoms with Crippen molar-refractivity contribution in [3.63, 3.8) is 0 Å². The number of halogens is 2. The molecular formula is C9H7FIN. The Morgan fingerprint density at radius 2 is 2.25 bits per heavy atom. The zero-order valence-electron chi connectivity index (χ0n) is 6.51. The first kappa shape index (κ1) is 9.46. The maximum absolute atomic E-state index is 13.1. The SMILES string of the molecule is CC(I)c1ccc(C#N)cc1F. The molecule has 1 rings (SSSR count). The molecule has 1 unspecified atom stereocenters. The smallest absolute Gasteiger partial charge is 0.128 e. The van der Waals surface area contributed by atoms with E-state index in [1.807, 2.05) is 13.0 Å². The lowest BCUT2D eigenvalue weighted by atomic mass is 10.1. The molecule has 0 amide bonds. The Bertz CT molecular complexity index is 328. The second kappa shape index (κ2) is 3.85. The second-order valence-electron chi connectivity index (χ2n) is 2.46. The van der Waals surface area contributed by atoms with Gasteiger partial charge in [0.25, 0.3) is 0 Å². The van der Waals surface area contributed by atoms with Crippen LogP contribution in [-0.2, 0) is 0 Å². The summed E-state index contributed by atoms with van der Waals surface area (Å²) in [6.07, 6.45) is 0. The molecule has 0 spiro atoms. The fraction of sp³-hybridized carbons (Fsp3) is 0.222. The minimum Gasteiger partial charge on any atom is -0.207 e. The van der Waals surface area contributed by atoms with E-state index in [0.717, 1.165) is 0 Å². The topological polar surface area (TPSA) is 23.8 Å². The van der Waals surface area contributed by atoms with Crippen LogP contribution in [0.4, 0.5) is 4.39 Å². The third-order valence-electron chi connectivity index (χ3n) is 1.56. The van der Waals surface area contributed by atoms with Crippen LogP contribution >= 0.6 is 22.6 Å². The fourth-order valence-corrected chi connectivity index (χ4v) is 1.42. The molecule has 0 aliphatic rings. The molecule has 0 N–H and O–H groups in total. The summed E-state index contributed by atoms with van der Waals surface area (Å²) in [6, 6.07) is 6.45. The summed E-state index contributed by atoms with van der Waals surface area (Å²) in [7, 11) is 0. The van der Waals surface area contributed by atoms with E-state index in [2.05, 4.69) is 22.6 Å². The number of hydrogen-bond acceptors (Lipinski definition) is 1. The zero-order chi connectivity index (χ0) is 9.14. The maximum atomic E-state index is 13.1. The lowest BCUT2D eigenvalue weighted by Crippen LogP contribution is -1.90. The monoisotopic (exact) mass is 275 g/mol. The van der Waals surface area contributed by atoms with Gasteiger partial charge < -0.3 is 0 Å². The molecule has 1 atom stereocenters. The first-order chi connectivity index (χ1) is 5.65. The summed E-state index contributed by atoms with van der Waals surface area (Å²) in [4.78, 5) is 0. The highest BCUT2D eigenvalue weighted by molar-refractivity contribution is 14.1. The van der Waals surface area contributed by atoms with E-state index in [9.17, 15) is 4.39 Å². The van der Waals surface area contributed by atoms with Crippen molar-refractivity contribution in [2.24, 2.45) is 0 Å². The average molecular weight is 275 g/mol. The first-order valence-electron chi connectivity index (χ1n) is 3.48. The molecule has 0 heterocycles. The zero-order valence-corrected chi connectivity index (χ0v) is 8.67. The van der Waals surface area contributed by atoms with Crippen molar-refractivity contribution in [1.29, 1.82) is 5.26 Å². The Kier molecular flexibility index (Phi) is 3.04. The van der Waals surface area contributed by atoms with Crippen molar-refractivity contribution < 1.29 is 4.39 Å². The van der Waals surface area contributed by atoms with E-state index in [1.165, 1.54) is 6.07 Å². The number of benzene rings is 1. The molecule has 62 valence electrons. The minimum absolute atomic E-state index is 0.135. The second-order valence-corrected chi connectivity index (χ2v) is 4.33. The lowest BCUT2D eigenvalue weighted by Gasteiger charge is -2.04. The van der Waals surface area contributed by atoms with Crippen LogP contribution in [0.2, 0.25) is 0 Å². The highest BCUT2D eigenvalue weighted by atomic mass is 127. The normalized spacial score (nSPS) is 12.2.